The van der Waals surface area contributed by atoms with Crippen LogP contribution in [-0.4, -0.2) is 192 Å². The topological polar surface area (TPSA) is 195 Å². The van der Waals surface area contributed by atoms with E-state index >= 15 is 0 Å². The van der Waals surface area contributed by atoms with Crippen LogP contribution in [0.25, 0.3) is 0 Å². The van der Waals surface area contributed by atoms with Crippen molar-refractivity contribution >= 4 is 35.3 Å². The van der Waals surface area contributed by atoms with Crippen LogP contribution >= 0.6 is 0 Å². The lowest BCUT2D eigenvalue weighted by Crippen LogP contribution is -2.60. The van der Waals surface area contributed by atoms with Crippen LogP contribution in [0.15, 0.2) is 30.3 Å². The quantitative estimate of drug-likeness (QED) is 0.0822. The van der Waals surface area contributed by atoms with Gasteiger partial charge in [0.1, 0.15) is 17.9 Å². The van der Waals surface area contributed by atoms with E-state index in [0.717, 1.165) is 18.4 Å². The van der Waals surface area contributed by atoms with Crippen molar-refractivity contribution in [3.8, 4) is 0 Å². The van der Waals surface area contributed by atoms with E-state index in [0.29, 0.717) is 91.6 Å². The Labute approximate surface area is 443 Å². The van der Waals surface area contributed by atoms with Gasteiger partial charge in [-0.2, -0.15) is 0 Å². The van der Waals surface area contributed by atoms with Crippen LogP contribution < -0.4 is 10.6 Å². The highest BCUT2D eigenvalue weighted by molar-refractivity contribution is 5.91. The maximum absolute atomic E-state index is 14.7. The molecule has 5 amide bonds. The fourth-order valence-corrected chi connectivity index (χ4v) is 10.2. The van der Waals surface area contributed by atoms with Crippen LogP contribution in [0.4, 0.5) is 0 Å². The van der Waals surface area contributed by atoms with Gasteiger partial charge >= 0.3 is 0 Å². The molecule has 2 aliphatic rings. The Morgan fingerprint density at radius 1 is 0.743 bits per heavy atom. The molecule has 3 rings (SSSR count). The predicted octanol–water partition coefficient (Wildman–Crippen LogP) is 5.51. The number of benzene rings is 1. The van der Waals surface area contributed by atoms with Gasteiger partial charge in [0, 0.05) is 59.2 Å². The van der Waals surface area contributed by atoms with Crippen LogP contribution in [0, 0.1) is 29.6 Å². The molecule has 0 spiro atoms. The number of methoxy groups -OCH3 is 2. The van der Waals surface area contributed by atoms with E-state index in [4.69, 9.17) is 28.5 Å². The Morgan fingerprint density at radius 3 is 1.92 bits per heavy atom. The molecule has 2 N–H and O–H groups in total. The van der Waals surface area contributed by atoms with E-state index < -0.39 is 48.3 Å². The second-order valence-electron chi connectivity index (χ2n) is 21.4. The number of likely N-dealkylation sites (N-methyl/N-ethyl adjacent to an activating group) is 2. The van der Waals surface area contributed by atoms with Crippen molar-refractivity contribution in [3.63, 3.8) is 0 Å². The van der Waals surface area contributed by atoms with Crippen LogP contribution in [0.5, 0.6) is 0 Å². The zero-order valence-corrected chi connectivity index (χ0v) is 47.6. The van der Waals surface area contributed by atoms with Gasteiger partial charge in [-0.05, 0) is 56.0 Å². The fraction of sp³-hybridized carbons (Fsp3) is 0.786. The average molecular weight is 1050 g/mol. The maximum atomic E-state index is 14.7. The smallest absolute Gasteiger partial charge is 0.269 e. The van der Waals surface area contributed by atoms with Crippen molar-refractivity contribution in [1.29, 1.82) is 0 Å². The van der Waals surface area contributed by atoms with Gasteiger partial charge in [-0.25, -0.2) is 5.06 Å². The molecule has 2 aliphatic heterocycles. The number of hydroxylamine groups is 2. The number of Topliss-reactive ketones (excluding diaryl/α,β-unsaturated/α-hetero) is 1. The number of hydrogen-bond acceptors (Lipinski definition) is 13. The molecule has 18 heteroatoms. The van der Waals surface area contributed by atoms with Gasteiger partial charge in [-0.3, -0.25) is 38.5 Å². The number of nitrogens with one attached hydrogen (secondary N) is 2. The first-order chi connectivity index (χ1) is 35.2. The maximum Gasteiger partial charge on any atom is 0.269 e. The Bertz CT molecular complexity index is 1850. The van der Waals surface area contributed by atoms with E-state index in [2.05, 4.69) is 10.6 Å². The third kappa shape index (κ3) is 19.2. The predicted molar refractivity (Wildman–Crippen MR) is 285 cm³/mol. The minimum Gasteiger partial charge on any atom is -0.379 e. The number of rotatable bonds is 34. The van der Waals surface area contributed by atoms with Crippen molar-refractivity contribution in [3.05, 3.63) is 35.9 Å². The second kappa shape index (κ2) is 33.2. The van der Waals surface area contributed by atoms with Crippen LogP contribution in [0.1, 0.15) is 126 Å². The Kier molecular flexibility index (Phi) is 28.8. The van der Waals surface area contributed by atoms with Crippen LogP contribution in [0.3, 0.4) is 0 Å². The van der Waals surface area contributed by atoms with Gasteiger partial charge in [0.05, 0.1) is 88.9 Å². The summed E-state index contributed by atoms with van der Waals surface area (Å²) in [5, 5.41) is 7.54. The first kappa shape index (κ1) is 64.2. The van der Waals surface area contributed by atoms with E-state index in [-0.39, 0.29) is 71.3 Å². The third-order valence-electron chi connectivity index (χ3n) is 15.0. The summed E-state index contributed by atoms with van der Waals surface area (Å²) >= 11 is 0. The molecule has 0 saturated carbocycles. The van der Waals surface area contributed by atoms with Crippen molar-refractivity contribution in [2.45, 2.75) is 163 Å². The zero-order chi connectivity index (χ0) is 55.1. The first-order valence-electron chi connectivity index (χ1n) is 27.4. The molecule has 18 nitrogen and oxygen atoms in total. The molecule has 1 aromatic rings. The monoisotopic (exact) mass is 1040 g/mol. The van der Waals surface area contributed by atoms with Crippen LogP contribution in [-0.2, 0) is 57.3 Å². The van der Waals surface area contributed by atoms with Crippen molar-refractivity contribution in [1.82, 2.24) is 30.4 Å². The van der Waals surface area contributed by atoms with Gasteiger partial charge in [0.25, 0.3) is 5.91 Å². The molecular formula is C56H96N6O12. The summed E-state index contributed by atoms with van der Waals surface area (Å²) in [6, 6.07) is 6.35. The average Bonchev–Trinajstić information content (AvgIpc) is 3.87. The number of likely N-dealkylation sites (tertiary alicyclic amines) is 1. The molecule has 0 aliphatic carbocycles. The number of hydrogen-bond donors (Lipinski definition) is 2. The number of ketones is 1. The van der Waals surface area contributed by atoms with Crippen molar-refractivity contribution in [2.24, 2.45) is 29.6 Å². The molecule has 2 heterocycles. The Balaban J connectivity index is 1.67. The lowest BCUT2D eigenvalue weighted by atomic mass is 9.89. The minimum atomic E-state index is -0.897. The summed E-state index contributed by atoms with van der Waals surface area (Å²) in [6.07, 6.45) is 2.68. The Morgan fingerprint density at radius 2 is 1.36 bits per heavy atom. The molecular weight excluding hydrogens is 949 g/mol. The second-order valence-corrected chi connectivity index (χ2v) is 21.4. The summed E-state index contributed by atoms with van der Waals surface area (Å²) in [4.78, 5) is 94.5. The van der Waals surface area contributed by atoms with Gasteiger partial charge in [0.15, 0.2) is 0 Å². The van der Waals surface area contributed by atoms with Crippen molar-refractivity contribution < 1.29 is 57.3 Å². The first-order valence-corrected chi connectivity index (χ1v) is 27.4. The molecule has 0 aromatic heterocycles. The summed E-state index contributed by atoms with van der Waals surface area (Å²) < 4.78 is 29.1. The Hall–Kier alpha value is -4.04. The minimum absolute atomic E-state index is 0.00396. The zero-order valence-electron chi connectivity index (χ0n) is 47.6. The van der Waals surface area contributed by atoms with Gasteiger partial charge in [-0.15, -0.1) is 0 Å². The number of ether oxygens (including phenoxy) is 5. The molecule has 1 unspecified atom stereocenters. The summed E-state index contributed by atoms with van der Waals surface area (Å²) in [5.41, 5.74) is 0.902. The van der Waals surface area contributed by atoms with Crippen molar-refractivity contribution in [2.75, 3.05) is 94.2 Å². The number of nitrogens with zero attached hydrogens (tertiary/aromatic N) is 4. The molecule has 422 valence electrons. The van der Waals surface area contributed by atoms with E-state index in [9.17, 15) is 28.8 Å². The number of amides is 5. The lowest BCUT2D eigenvalue weighted by molar-refractivity contribution is -0.200. The van der Waals surface area contributed by atoms with Crippen LogP contribution in [0.2, 0.25) is 0 Å². The summed E-state index contributed by atoms with van der Waals surface area (Å²) in [7, 11) is 6.69. The molecule has 2 fully saturated rings. The third-order valence-corrected chi connectivity index (χ3v) is 15.0. The molecule has 74 heavy (non-hydrogen) atoms. The van der Waals surface area contributed by atoms with Gasteiger partial charge in [0.2, 0.25) is 23.6 Å². The normalized spacial score (nSPS) is 18.9. The molecule has 2 saturated heterocycles. The fourth-order valence-electron chi connectivity index (χ4n) is 10.2. The van der Waals surface area contributed by atoms with E-state index in [1.54, 1.807) is 38.0 Å². The largest absolute Gasteiger partial charge is 0.379 e. The van der Waals surface area contributed by atoms with Gasteiger partial charge in [-0.1, -0.05) is 106 Å². The lowest BCUT2D eigenvalue weighted by Gasteiger charge is -2.41. The molecule has 0 bridgehead atoms. The van der Waals surface area contributed by atoms with E-state index in [1.807, 2.05) is 105 Å². The number of carbonyl (C=O) groups excluding carboxylic acids is 6. The molecule has 1 aromatic carbocycles. The summed E-state index contributed by atoms with van der Waals surface area (Å²) in [6.45, 7) is 23.4. The highest BCUT2D eigenvalue weighted by atomic mass is 16.7. The van der Waals surface area contributed by atoms with Gasteiger partial charge < -0.3 is 44.1 Å². The number of carbonyl (C=O) groups is 6. The standard InChI is InChI=1S/C56H96N6O12/c1-15-40(8)51(60(12)55(67)48(38(4)5)57-54(66)50(39(6)7)59(11)28-31-72-33-35-73-34-32-71-30-25-45(63)37(2)3)46(69-13)36-47(64)61-26-21-24-44(61)52(70-14)42(10)53(65)58-49(41(9)43-22-17-16-18-23-43)56(68)62-27-19-20-29-74-62/h16-18,22-23,37-42,44,46,48-52H,15,19-21,24-36H2,1-14H3,(H,57,66)(H,58,65)/t40-,41-,42+,44-,46+,48-,49-,50-,51?,52+/m0/s1. The molecule has 0 radical (unpaired) electrons. The van der Waals surface area contributed by atoms with E-state index in [1.165, 1.54) is 5.06 Å². The SMILES string of the molecule is CC[C@H](C)C([C@@H](CC(=O)N1CCC[C@H]1[C@H](OC)[C@@H](C)C(=O)N[C@H](C(=O)N1CCCCO1)[C@@H](C)c1ccccc1)OC)N(C)C(=O)[C@@H](NC(=O)[C@H](C(C)C)N(C)CCOCCOCCOCCC(=O)C(C)C)C(C)C. The summed E-state index contributed by atoms with van der Waals surface area (Å²) in [5.74, 6) is -2.72. The molecule has 10 atom stereocenters. The highest BCUT2D eigenvalue weighted by Gasteiger charge is 2.44. The highest BCUT2D eigenvalue weighted by Crippen LogP contribution is 2.31.